The van der Waals surface area contributed by atoms with Gasteiger partial charge in [0, 0.05) is 16.8 Å². The molecule has 0 aromatic heterocycles. The molecule has 0 atom stereocenters. The summed E-state index contributed by atoms with van der Waals surface area (Å²) in [6.45, 7) is 3.46. The summed E-state index contributed by atoms with van der Waals surface area (Å²) >= 11 is 0. The second-order valence-corrected chi connectivity index (χ2v) is 5.38. The minimum absolute atomic E-state index is 0.167. The Kier molecular flexibility index (Phi) is 5.31. The van der Waals surface area contributed by atoms with Gasteiger partial charge in [0.05, 0.1) is 0 Å². The van der Waals surface area contributed by atoms with E-state index in [1.165, 1.54) is 12.1 Å². The molecule has 124 valence electrons. The normalized spacial score (nSPS) is 10.1. The van der Waals surface area contributed by atoms with Gasteiger partial charge in [0.2, 0.25) is 5.91 Å². The van der Waals surface area contributed by atoms with E-state index in [0.717, 1.165) is 17.4 Å². The highest BCUT2D eigenvalue weighted by Gasteiger charge is 2.10. The molecular formula is C18H18N2O4. The van der Waals surface area contributed by atoms with Crippen LogP contribution in [0.1, 0.15) is 31.8 Å². The highest BCUT2D eigenvalue weighted by atomic mass is 16.5. The molecule has 2 aromatic carbocycles. The van der Waals surface area contributed by atoms with E-state index < -0.39 is 5.91 Å². The van der Waals surface area contributed by atoms with E-state index in [2.05, 4.69) is 5.32 Å². The number of nitrogens with one attached hydrogen (secondary N) is 1. The Labute approximate surface area is 139 Å². The molecule has 0 aliphatic heterocycles. The first kappa shape index (κ1) is 17.2. The molecule has 0 aliphatic rings. The lowest BCUT2D eigenvalue weighted by Gasteiger charge is -2.13. The maximum absolute atomic E-state index is 12.0. The smallest absolute Gasteiger partial charge is 0.262 e. The largest absolute Gasteiger partial charge is 0.483 e. The number of ether oxygens (including phenoxy) is 1. The monoisotopic (exact) mass is 326 g/mol. The fraction of sp³-hybridized carbons (Fsp3) is 0.167. The van der Waals surface area contributed by atoms with Gasteiger partial charge in [-0.2, -0.15) is 0 Å². The summed E-state index contributed by atoms with van der Waals surface area (Å²) < 4.78 is 5.56. The van der Waals surface area contributed by atoms with E-state index >= 15 is 0 Å². The Morgan fingerprint density at radius 3 is 2.21 bits per heavy atom. The average molecular weight is 326 g/mol. The van der Waals surface area contributed by atoms with Crippen LogP contribution in [0.4, 0.5) is 5.69 Å². The number of carbonyl (C=O) groups excluding carboxylic acids is 3. The molecule has 0 fully saturated rings. The first-order valence-corrected chi connectivity index (χ1v) is 7.29. The SMILES string of the molecule is Cc1cc(C=O)cc(C)c1OCC(=O)Nc1ccc(C(N)=O)cc1. The fourth-order valence-corrected chi connectivity index (χ4v) is 2.33. The van der Waals surface area contributed by atoms with Gasteiger partial charge in [-0.25, -0.2) is 0 Å². The molecule has 0 radical (unpaired) electrons. The first-order valence-electron chi connectivity index (χ1n) is 7.29. The number of rotatable bonds is 6. The van der Waals surface area contributed by atoms with Gasteiger partial charge in [-0.15, -0.1) is 0 Å². The molecule has 6 nitrogen and oxygen atoms in total. The number of benzene rings is 2. The molecule has 0 spiro atoms. The number of anilines is 1. The Balaban J connectivity index is 1.98. The van der Waals surface area contributed by atoms with E-state index in [1.807, 2.05) is 13.8 Å². The highest BCUT2D eigenvalue weighted by molar-refractivity contribution is 5.95. The van der Waals surface area contributed by atoms with Gasteiger partial charge in [0.15, 0.2) is 6.61 Å². The van der Waals surface area contributed by atoms with Crippen LogP contribution in [0.5, 0.6) is 5.75 Å². The highest BCUT2D eigenvalue weighted by Crippen LogP contribution is 2.24. The van der Waals surface area contributed by atoms with Crippen LogP contribution in [0.3, 0.4) is 0 Å². The van der Waals surface area contributed by atoms with Gasteiger partial charge in [-0.1, -0.05) is 0 Å². The molecule has 6 heteroatoms. The van der Waals surface area contributed by atoms with Crippen molar-refractivity contribution < 1.29 is 19.1 Å². The van der Waals surface area contributed by atoms with Gasteiger partial charge >= 0.3 is 0 Å². The quantitative estimate of drug-likeness (QED) is 0.795. The van der Waals surface area contributed by atoms with Crippen LogP contribution >= 0.6 is 0 Å². The Morgan fingerprint density at radius 2 is 1.71 bits per heavy atom. The Morgan fingerprint density at radius 1 is 1.12 bits per heavy atom. The lowest BCUT2D eigenvalue weighted by Crippen LogP contribution is -2.21. The maximum atomic E-state index is 12.0. The molecule has 0 saturated carbocycles. The summed E-state index contributed by atoms with van der Waals surface area (Å²) in [4.78, 5) is 33.8. The zero-order valence-electron chi connectivity index (χ0n) is 13.5. The fourth-order valence-electron chi connectivity index (χ4n) is 2.33. The van der Waals surface area contributed by atoms with Crippen molar-refractivity contribution in [2.45, 2.75) is 13.8 Å². The topological polar surface area (TPSA) is 98.5 Å². The predicted molar refractivity (Wildman–Crippen MR) is 90.4 cm³/mol. The Bertz CT molecular complexity index is 759. The third-order valence-corrected chi connectivity index (χ3v) is 3.42. The number of aldehydes is 1. The van der Waals surface area contributed by atoms with E-state index in [4.69, 9.17) is 10.5 Å². The average Bonchev–Trinajstić information content (AvgIpc) is 2.54. The molecule has 0 saturated heterocycles. The molecule has 2 rings (SSSR count). The zero-order valence-corrected chi connectivity index (χ0v) is 13.5. The third kappa shape index (κ3) is 4.19. The van der Waals surface area contributed by atoms with E-state index in [9.17, 15) is 14.4 Å². The van der Waals surface area contributed by atoms with Gasteiger partial charge in [0.25, 0.3) is 5.91 Å². The maximum Gasteiger partial charge on any atom is 0.262 e. The summed E-state index contributed by atoms with van der Waals surface area (Å²) in [6, 6.07) is 9.66. The molecule has 0 unspecified atom stereocenters. The zero-order chi connectivity index (χ0) is 17.7. The van der Waals surface area contributed by atoms with Crippen LogP contribution in [0.2, 0.25) is 0 Å². The van der Waals surface area contributed by atoms with Crippen LogP contribution in [0.15, 0.2) is 36.4 Å². The van der Waals surface area contributed by atoms with Gasteiger partial charge < -0.3 is 15.8 Å². The van der Waals surface area contributed by atoms with Crippen LogP contribution in [0.25, 0.3) is 0 Å². The number of hydrogen-bond donors (Lipinski definition) is 2. The standard InChI is InChI=1S/C18H18N2O4/c1-11-7-13(9-21)8-12(2)17(11)24-10-16(22)20-15-5-3-14(4-6-15)18(19)23/h3-9H,10H2,1-2H3,(H2,19,23)(H,20,22). The molecule has 0 aliphatic carbocycles. The molecule has 24 heavy (non-hydrogen) atoms. The number of hydrogen-bond acceptors (Lipinski definition) is 4. The number of amides is 2. The number of carbonyl (C=O) groups is 3. The molecule has 2 aromatic rings. The van der Waals surface area contributed by atoms with Crippen LogP contribution in [-0.4, -0.2) is 24.7 Å². The van der Waals surface area contributed by atoms with E-state index in [0.29, 0.717) is 22.6 Å². The van der Waals surface area contributed by atoms with Crippen molar-refractivity contribution in [3.8, 4) is 5.75 Å². The van der Waals surface area contributed by atoms with Crippen molar-refractivity contribution in [1.29, 1.82) is 0 Å². The minimum Gasteiger partial charge on any atom is -0.483 e. The summed E-state index contributed by atoms with van der Waals surface area (Å²) in [5.41, 5.74) is 8.21. The van der Waals surface area contributed by atoms with Crippen LogP contribution in [-0.2, 0) is 4.79 Å². The van der Waals surface area contributed by atoms with Crippen molar-refractivity contribution in [3.05, 3.63) is 58.7 Å². The van der Waals surface area contributed by atoms with Crippen molar-refractivity contribution in [2.75, 3.05) is 11.9 Å². The van der Waals surface area contributed by atoms with Crippen LogP contribution < -0.4 is 15.8 Å². The lowest BCUT2D eigenvalue weighted by molar-refractivity contribution is -0.118. The second-order valence-electron chi connectivity index (χ2n) is 5.38. The number of nitrogens with two attached hydrogens (primary N) is 1. The summed E-state index contributed by atoms with van der Waals surface area (Å²) in [5, 5.41) is 2.67. The molecule has 0 bridgehead atoms. The lowest BCUT2D eigenvalue weighted by atomic mass is 10.1. The van der Waals surface area contributed by atoms with Crippen molar-refractivity contribution in [3.63, 3.8) is 0 Å². The summed E-state index contributed by atoms with van der Waals surface area (Å²) in [7, 11) is 0. The van der Waals surface area contributed by atoms with Crippen molar-refractivity contribution in [1.82, 2.24) is 0 Å². The second kappa shape index (κ2) is 7.41. The van der Waals surface area contributed by atoms with Crippen molar-refractivity contribution >= 4 is 23.8 Å². The Hall–Kier alpha value is -3.15. The predicted octanol–water partition coefficient (Wildman–Crippen LogP) is 2.23. The third-order valence-electron chi connectivity index (χ3n) is 3.42. The summed E-state index contributed by atoms with van der Waals surface area (Å²) in [6.07, 6.45) is 0.770. The number of aryl methyl sites for hydroxylation is 2. The summed E-state index contributed by atoms with van der Waals surface area (Å²) in [5.74, 6) is -0.277. The molecule has 0 heterocycles. The van der Waals surface area contributed by atoms with Gasteiger partial charge in [-0.05, 0) is 61.4 Å². The first-order chi connectivity index (χ1) is 11.4. The van der Waals surface area contributed by atoms with Crippen LogP contribution in [0, 0.1) is 13.8 Å². The van der Waals surface area contributed by atoms with E-state index in [-0.39, 0.29) is 12.5 Å². The van der Waals surface area contributed by atoms with Gasteiger partial charge in [-0.3, -0.25) is 14.4 Å². The molecule has 2 amide bonds. The van der Waals surface area contributed by atoms with E-state index in [1.54, 1.807) is 24.3 Å². The number of primary amides is 1. The molecule has 3 N–H and O–H groups in total. The molecular weight excluding hydrogens is 308 g/mol. The van der Waals surface area contributed by atoms with Crippen molar-refractivity contribution in [2.24, 2.45) is 5.73 Å². The minimum atomic E-state index is -0.527. The van der Waals surface area contributed by atoms with Gasteiger partial charge in [0.1, 0.15) is 12.0 Å².